The van der Waals surface area contributed by atoms with Crippen molar-refractivity contribution in [1.29, 1.82) is 0 Å². The molecule has 0 aliphatic carbocycles. The Kier molecular flexibility index (Phi) is 14.5. The minimum atomic E-state index is -2.18. The maximum absolute atomic E-state index is 12.3. The molecule has 1 amide bonds. The van der Waals surface area contributed by atoms with E-state index in [1.165, 1.54) is 17.2 Å². The molecule has 0 aliphatic rings. The van der Waals surface area contributed by atoms with Crippen molar-refractivity contribution in [2.75, 3.05) is 23.8 Å². The lowest BCUT2D eigenvalue weighted by Crippen LogP contribution is -2.38. The van der Waals surface area contributed by atoms with Crippen LogP contribution in [0, 0.1) is 0 Å². The van der Waals surface area contributed by atoms with Crippen LogP contribution in [0.5, 0.6) is 5.75 Å². The van der Waals surface area contributed by atoms with Gasteiger partial charge in [0.1, 0.15) is 5.75 Å². The number of aliphatic hydroxyl groups is 1. The largest absolute Gasteiger partial charge is 0.772 e. The van der Waals surface area contributed by atoms with Crippen LogP contribution in [-0.4, -0.2) is 53.1 Å². The second-order valence-corrected chi connectivity index (χ2v) is 12.1. The van der Waals surface area contributed by atoms with Gasteiger partial charge in [-0.3, -0.25) is 19.3 Å². The van der Waals surface area contributed by atoms with E-state index in [0.717, 1.165) is 51.4 Å². The first-order chi connectivity index (χ1) is 21.5. The fourth-order valence-electron chi connectivity index (χ4n) is 4.73. The molecule has 9 N–H and O–H groups in total. The Bertz CT molecular complexity index is 1470. The van der Waals surface area contributed by atoms with Gasteiger partial charge in [-0.1, -0.05) is 72.3 Å². The fourth-order valence-corrected chi connectivity index (χ4v) is 5.24. The average molecular weight is 659 g/mol. The van der Waals surface area contributed by atoms with E-state index in [9.17, 15) is 23.8 Å². The molecule has 0 saturated heterocycles. The first kappa shape index (κ1) is 35.7. The number of carbonyl (C=O) groups excluding carboxylic acids is 1. The van der Waals surface area contributed by atoms with Crippen LogP contribution in [0.15, 0.2) is 47.5 Å². The number of nitrogens with zero attached hydrogens (tertiary/aromatic N) is 3. The smallest absolute Gasteiger partial charge is 0.280 e. The highest BCUT2D eigenvalue weighted by Crippen LogP contribution is 2.26. The zero-order chi connectivity index (χ0) is 32.8. The summed E-state index contributed by atoms with van der Waals surface area (Å²) in [6, 6.07) is 13.5. The molecule has 14 heteroatoms. The summed E-state index contributed by atoms with van der Waals surface area (Å²) in [6.45, 7) is 0.451. The summed E-state index contributed by atoms with van der Waals surface area (Å²) in [5.41, 5.74) is 20.6. The number of guanidine groups is 1. The molecule has 0 fully saturated rings. The number of aryl methyl sites for hydroxylation is 3. The standard InChI is InChI=1S/C31H42ClN7O5S/c32-27-29(34)38-28(33)26(37-27)30(42)39-31(35)36-17-6-5-8-21-12-10-20(11-13-21)7-3-1-2-4-9-24(40)22-14-15-25(41)23(19-22)16-18-45(43)44/h10-15,19,24,40-41H,1-9,16-18H2,(H,43,44)(H4,33,34,38)(H3,35,36,39,42)/p-1/t24-/m0/s1. The lowest BCUT2D eigenvalue weighted by molar-refractivity contribution is 0.0972. The van der Waals surface area contributed by atoms with E-state index in [1.54, 1.807) is 12.1 Å². The Hall–Kier alpha value is -3.78. The van der Waals surface area contributed by atoms with Gasteiger partial charge in [0.2, 0.25) is 0 Å². The molecule has 244 valence electrons. The van der Waals surface area contributed by atoms with Gasteiger partial charge in [-0.15, -0.1) is 0 Å². The van der Waals surface area contributed by atoms with Gasteiger partial charge in [-0.2, -0.15) is 0 Å². The topological polar surface area (TPSA) is 226 Å². The number of unbranched alkanes of at least 4 members (excludes halogenated alkanes) is 4. The normalized spacial score (nSPS) is 13.0. The zero-order valence-electron chi connectivity index (χ0n) is 25.1. The number of rotatable bonds is 17. The molecule has 3 aromatic rings. The minimum absolute atomic E-state index is 0.0467. The number of halogens is 1. The first-order valence-corrected chi connectivity index (χ1v) is 16.5. The molecule has 0 bridgehead atoms. The predicted octanol–water partition coefficient (Wildman–Crippen LogP) is 3.72. The number of nitrogen functional groups attached to an aromatic ring is 2. The van der Waals surface area contributed by atoms with Gasteiger partial charge in [-0.05, 0) is 79.3 Å². The van der Waals surface area contributed by atoms with E-state index in [-0.39, 0.29) is 46.4 Å². The highest BCUT2D eigenvalue weighted by Gasteiger charge is 2.16. The summed E-state index contributed by atoms with van der Waals surface area (Å²) in [6.07, 6.45) is 7.79. The summed E-state index contributed by atoms with van der Waals surface area (Å²) in [7, 11) is 0. The van der Waals surface area contributed by atoms with Gasteiger partial charge >= 0.3 is 0 Å². The Morgan fingerprint density at radius 1 is 0.956 bits per heavy atom. The van der Waals surface area contributed by atoms with Crippen LogP contribution in [-0.2, 0) is 30.3 Å². The molecule has 1 heterocycles. The van der Waals surface area contributed by atoms with Crippen LogP contribution >= 0.6 is 11.6 Å². The van der Waals surface area contributed by atoms with Gasteiger partial charge in [0.25, 0.3) is 5.91 Å². The number of anilines is 2. The molecule has 0 aliphatic heterocycles. The van der Waals surface area contributed by atoms with Crippen molar-refractivity contribution in [3.05, 3.63) is 75.6 Å². The van der Waals surface area contributed by atoms with Crippen molar-refractivity contribution in [3.63, 3.8) is 0 Å². The van der Waals surface area contributed by atoms with E-state index in [2.05, 4.69) is 44.5 Å². The third kappa shape index (κ3) is 12.3. The predicted molar refractivity (Wildman–Crippen MR) is 177 cm³/mol. The Labute approximate surface area is 270 Å². The number of aliphatic hydroxyl groups excluding tert-OH is 1. The van der Waals surface area contributed by atoms with Gasteiger partial charge in [0, 0.05) is 12.3 Å². The Morgan fingerprint density at radius 2 is 1.60 bits per heavy atom. The number of aromatic nitrogens is 2. The first-order valence-electron chi connectivity index (χ1n) is 14.9. The minimum Gasteiger partial charge on any atom is -0.772 e. The molecule has 12 nitrogen and oxygen atoms in total. The molecule has 2 atom stereocenters. The SMILES string of the molecule is NC(=NCCCCc1ccc(CCCCCC[C@H](O)c2ccc(O)c(CCS(=O)[O-])c2)cc1)NC(=O)c1nc(Cl)c(N)nc1N. The second-order valence-electron chi connectivity index (χ2n) is 10.7. The average Bonchev–Trinajstić information content (AvgIpc) is 3.00. The quantitative estimate of drug-likeness (QED) is 0.0533. The number of phenols is 1. The molecule has 3 rings (SSSR count). The van der Waals surface area contributed by atoms with E-state index in [0.29, 0.717) is 24.1 Å². The van der Waals surface area contributed by atoms with Crippen LogP contribution in [0.25, 0.3) is 0 Å². The van der Waals surface area contributed by atoms with Gasteiger partial charge in [0.05, 0.1) is 6.10 Å². The Balaban J connectivity index is 1.28. The number of benzene rings is 2. The molecule has 45 heavy (non-hydrogen) atoms. The van der Waals surface area contributed by atoms with Crippen LogP contribution in [0.2, 0.25) is 5.15 Å². The molecule has 1 aromatic heterocycles. The van der Waals surface area contributed by atoms with Gasteiger partial charge < -0.3 is 32.0 Å². The van der Waals surface area contributed by atoms with E-state index in [1.807, 2.05) is 0 Å². The number of aliphatic imine (C=N–C) groups is 1. The van der Waals surface area contributed by atoms with Crippen molar-refractivity contribution >= 4 is 46.2 Å². The fraction of sp³-hybridized carbons (Fsp3) is 0.419. The van der Waals surface area contributed by atoms with Crippen LogP contribution in [0.3, 0.4) is 0 Å². The monoisotopic (exact) mass is 658 g/mol. The van der Waals surface area contributed by atoms with Crippen molar-refractivity contribution in [1.82, 2.24) is 15.3 Å². The number of aromatic hydroxyl groups is 1. The number of phenolic OH excluding ortho intramolecular Hbond substituents is 1. The van der Waals surface area contributed by atoms with E-state index >= 15 is 0 Å². The molecular weight excluding hydrogens is 618 g/mol. The lowest BCUT2D eigenvalue weighted by atomic mass is 9.98. The third-order valence-corrected chi connectivity index (χ3v) is 8.08. The highest BCUT2D eigenvalue weighted by molar-refractivity contribution is 7.79. The van der Waals surface area contributed by atoms with Crippen LogP contribution < -0.4 is 22.5 Å². The molecule has 2 aromatic carbocycles. The molecule has 0 spiro atoms. The summed E-state index contributed by atoms with van der Waals surface area (Å²) in [5, 5.41) is 22.8. The second kappa shape index (κ2) is 18.3. The summed E-state index contributed by atoms with van der Waals surface area (Å²) >= 11 is 3.63. The van der Waals surface area contributed by atoms with E-state index < -0.39 is 23.1 Å². The van der Waals surface area contributed by atoms with Gasteiger partial charge in [-0.25, -0.2) is 9.97 Å². The highest BCUT2D eigenvalue weighted by atomic mass is 35.5. The number of amides is 1. The zero-order valence-corrected chi connectivity index (χ0v) is 26.7. The van der Waals surface area contributed by atoms with Crippen molar-refractivity contribution in [2.24, 2.45) is 10.7 Å². The summed E-state index contributed by atoms with van der Waals surface area (Å²) in [4.78, 5) is 24.1. The summed E-state index contributed by atoms with van der Waals surface area (Å²) < 4.78 is 21.7. The maximum atomic E-state index is 12.3. The number of hydrogen-bond acceptors (Lipinski definition) is 10. The molecule has 1 unspecified atom stereocenters. The molecule has 0 radical (unpaired) electrons. The van der Waals surface area contributed by atoms with E-state index in [4.69, 9.17) is 28.8 Å². The number of nitrogens with one attached hydrogen (secondary N) is 1. The van der Waals surface area contributed by atoms with Crippen molar-refractivity contribution in [3.8, 4) is 5.75 Å². The maximum Gasteiger partial charge on any atom is 0.280 e. The summed E-state index contributed by atoms with van der Waals surface area (Å²) in [5.74, 6) is -0.955. The van der Waals surface area contributed by atoms with Gasteiger partial charge in [0.15, 0.2) is 28.4 Å². The molecular formula is C31H41ClN7O5S-. The number of hydrogen-bond donors (Lipinski definition) is 6. The number of nitrogens with two attached hydrogens (primary N) is 3. The number of carbonyl (C=O) groups is 1. The van der Waals surface area contributed by atoms with Crippen LogP contribution in [0.1, 0.15) is 83.8 Å². The van der Waals surface area contributed by atoms with Crippen molar-refractivity contribution < 1.29 is 23.8 Å². The third-order valence-electron chi connectivity index (χ3n) is 7.26. The molecule has 0 saturated carbocycles. The Morgan fingerprint density at radius 3 is 2.27 bits per heavy atom. The lowest BCUT2D eigenvalue weighted by Gasteiger charge is -2.14. The van der Waals surface area contributed by atoms with Crippen molar-refractivity contribution in [2.45, 2.75) is 70.3 Å². The van der Waals surface area contributed by atoms with Crippen LogP contribution in [0.4, 0.5) is 11.6 Å².